The number of benzene rings is 1. The van der Waals surface area contributed by atoms with Gasteiger partial charge in [0.2, 0.25) is 5.91 Å². The molecule has 0 unspecified atom stereocenters. The van der Waals surface area contributed by atoms with Gasteiger partial charge in [0.25, 0.3) is 5.91 Å². The zero-order valence-electron chi connectivity index (χ0n) is 15.8. The van der Waals surface area contributed by atoms with Crippen molar-refractivity contribution in [3.63, 3.8) is 0 Å². The fraction of sp³-hybridized carbons (Fsp3) is 0.364. The maximum absolute atomic E-state index is 12.1. The Morgan fingerprint density at radius 1 is 1.15 bits per heavy atom. The van der Waals surface area contributed by atoms with Crippen LogP contribution in [0.2, 0.25) is 0 Å². The molecule has 0 aliphatic heterocycles. The largest absolute Gasteiger partial charge is 0.398 e. The molecule has 0 saturated heterocycles. The third-order valence-electron chi connectivity index (χ3n) is 4.49. The van der Waals surface area contributed by atoms with Crippen LogP contribution in [-0.2, 0) is 4.79 Å². The second kappa shape index (κ2) is 10.4. The molecule has 1 aromatic carbocycles. The maximum atomic E-state index is 12.1. The molecular formula is C22H29N3O2. The van der Waals surface area contributed by atoms with E-state index in [1.54, 1.807) is 12.2 Å². The lowest BCUT2D eigenvalue weighted by Gasteiger charge is -2.09. The van der Waals surface area contributed by atoms with Gasteiger partial charge in [-0.1, -0.05) is 37.8 Å². The van der Waals surface area contributed by atoms with E-state index in [9.17, 15) is 9.59 Å². The second-order valence-electron chi connectivity index (χ2n) is 6.85. The minimum absolute atomic E-state index is 0.0456. The molecule has 1 fully saturated rings. The molecule has 0 atom stereocenters. The molecule has 2 rings (SSSR count). The van der Waals surface area contributed by atoms with Crippen molar-refractivity contribution >= 4 is 11.8 Å². The molecule has 4 N–H and O–H groups in total. The fourth-order valence-electron chi connectivity index (χ4n) is 2.77. The van der Waals surface area contributed by atoms with E-state index < -0.39 is 0 Å². The van der Waals surface area contributed by atoms with E-state index in [0.717, 1.165) is 19.3 Å². The molecule has 5 heteroatoms. The Bertz CT molecular complexity index is 716. The monoisotopic (exact) mass is 367 g/mol. The molecule has 1 aliphatic carbocycles. The molecule has 2 amide bonds. The number of nitrogens with two attached hydrogens (primary N) is 1. The molecule has 1 aliphatic rings. The number of unbranched alkanes of at least 4 members (excludes halogenated alkanes) is 2. The highest BCUT2D eigenvalue weighted by Gasteiger charge is 2.23. The maximum Gasteiger partial charge on any atom is 0.251 e. The number of hydrogen-bond donors (Lipinski definition) is 3. The first-order chi connectivity index (χ1) is 13.0. The number of amides is 2. The average molecular weight is 367 g/mol. The highest BCUT2D eigenvalue weighted by Crippen LogP contribution is 2.39. The van der Waals surface area contributed by atoms with Crippen molar-refractivity contribution in [1.29, 1.82) is 0 Å². The summed E-state index contributed by atoms with van der Waals surface area (Å²) in [7, 11) is 0. The van der Waals surface area contributed by atoms with Crippen LogP contribution in [0.4, 0.5) is 0 Å². The van der Waals surface area contributed by atoms with Crippen LogP contribution < -0.4 is 16.4 Å². The van der Waals surface area contributed by atoms with Crippen LogP contribution in [0.1, 0.15) is 60.4 Å². The van der Waals surface area contributed by atoms with E-state index in [1.807, 2.05) is 12.1 Å². The van der Waals surface area contributed by atoms with Gasteiger partial charge in [-0.15, -0.1) is 0 Å². The highest BCUT2D eigenvalue weighted by atomic mass is 16.2. The van der Waals surface area contributed by atoms with E-state index in [-0.39, 0.29) is 11.8 Å². The lowest BCUT2D eigenvalue weighted by molar-refractivity contribution is -0.120. The Balaban J connectivity index is 1.59. The summed E-state index contributed by atoms with van der Waals surface area (Å²) in [5.74, 6) is 0.552. The van der Waals surface area contributed by atoms with Gasteiger partial charge in [0.15, 0.2) is 0 Å². The van der Waals surface area contributed by atoms with Crippen molar-refractivity contribution < 1.29 is 9.59 Å². The van der Waals surface area contributed by atoms with Gasteiger partial charge in [0, 0.05) is 24.2 Å². The normalized spacial score (nSPS) is 13.7. The van der Waals surface area contributed by atoms with E-state index in [1.165, 1.54) is 18.4 Å². The number of nitrogens with one attached hydrogen (secondary N) is 2. The van der Waals surface area contributed by atoms with Gasteiger partial charge in [-0.3, -0.25) is 9.59 Å². The number of allylic oxidation sites excluding steroid dienone is 2. The van der Waals surface area contributed by atoms with Crippen molar-refractivity contribution in [3.8, 4) is 0 Å². The SMILES string of the molecule is C=C/C=C(/NC(=O)CCCCCNC(=O)c1ccc(C2CC2)cc1)C(=C)N. The Morgan fingerprint density at radius 3 is 2.44 bits per heavy atom. The Morgan fingerprint density at radius 2 is 1.85 bits per heavy atom. The summed E-state index contributed by atoms with van der Waals surface area (Å²) in [6.45, 7) is 7.79. The summed E-state index contributed by atoms with van der Waals surface area (Å²) in [5.41, 5.74) is 8.41. The molecule has 0 heterocycles. The molecule has 0 bridgehead atoms. The van der Waals surface area contributed by atoms with Crippen LogP contribution in [0.25, 0.3) is 0 Å². The van der Waals surface area contributed by atoms with Crippen LogP contribution in [-0.4, -0.2) is 18.4 Å². The summed E-state index contributed by atoms with van der Waals surface area (Å²) in [6, 6.07) is 7.90. The molecule has 0 radical (unpaired) electrons. The molecule has 5 nitrogen and oxygen atoms in total. The van der Waals surface area contributed by atoms with E-state index in [0.29, 0.717) is 35.8 Å². The number of hydrogen-bond acceptors (Lipinski definition) is 3. The number of carbonyl (C=O) groups is 2. The first kappa shape index (κ1) is 20.5. The predicted octanol–water partition coefficient (Wildman–Crippen LogP) is 3.51. The fourth-order valence-corrected chi connectivity index (χ4v) is 2.77. The molecular weight excluding hydrogens is 338 g/mol. The Labute approximate surface area is 161 Å². The topological polar surface area (TPSA) is 84.2 Å². The summed E-state index contributed by atoms with van der Waals surface area (Å²) < 4.78 is 0. The van der Waals surface area contributed by atoms with Crippen LogP contribution >= 0.6 is 0 Å². The smallest absolute Gasteiger partial charge is 0.251 e. The van der Waals surface area contributed by atoms with E-state index in [2.05, 4.69) is 35.9 Å². The quantitative estimate of drug-likeness (QED) is 0.413. The van der Waals surface area contributed by atoms with Gasteiger partial charge in [-0.05, 0) is 55.4 Å². The average Bonchev–Trinajstić information content (AvgIpc) is 3.49. The Hall–Kier alpha value is -2.82. The first-order valence-corrected chi connectivity index (χ1v) is 9.46. The van der Waals surface area contributed by atoms with Crippen LogP contribution in [0.3, 0.4) is 0 Å². The van der Waals surface area contributed by atoms with Crippen LogP contribution in [0, 0.1) is 0 Å². The number of carbonyl (C=O) groups excluding carboxylic acids is 2. The van der Waals surface area contributed by atoms with Crippen molar-refractivity contribution in [2.24, 2.45) is 5.73 Å². The first-order valence-electron chi connectivity index (χ1n) is 9.46. The minimum Gasteiger partial charge on any atom is -0.398 e. The molecule has 1 aromatic rings. The van der Waals surface area contributed by atoms with Gasteiger partial charge in [-0.2, -0.15) is 0 Å². The standard InChI is InChI=1S/C22H29N3O2/c1-3-7-20(16(2)23)25-21(26)8-5-4-6-15-24-22(27)19-13-11-18(12-14-19)17-9-10-17/h3,7,11-14,17H,1-2,4-6,8-10,15,23H2,(H,24,27)(H,25,26)/b20-7+. The van der Waals surface area contributed by atoms with Gasteiger partial charge >= 0.3 is 0 Å². The Kier molecular flexibility index (Phi) is 7.86. The minimum atomic E-state index is -0.102. The zero-order chi connectivity index (χ0) is 19.6. The molecule has 0 spiro atoms. The van der Waals surface area contributed by atoms with Crippen LogP contribution in [0.5, 0.6) is 0 Å². The zero-order valence-corrected chi connectivity index (χ0v) is 15.8. The third-order valence-corrected chi connectivity index (χ3v) is 4.49. The summed E-state index contributed by atoms with van der Waals surface area (Å²) in [5, 5.41) is 5.65. The van der Waals surface area contributed by atoms with Crippen molar-refractivity contribution in [2.45, 2.75) is 44.4 Å². The van der Waals surface area contributed by atoms with Gasteiger partial charge in [-0.25, -0.2) is 0 Å². The van der Waals surface area contributed by atoms with Gasteiger partial charge in [0.1, 0.15) is 0 Å². The summed E-state index contributed by atoms with van der Waals surface area (Å²) in [4.78, 5) is 24.0. The highest BCUT2D eigenvalue weighted by molar-refractivity contribution is 5.94. The molecule has 0 aromatic heterocycles. The van der Waals surface area contributed by atoms with Gasteiger partial charge in [0.05, 0.1) is 5.70 Å². The van der Waals surface area contributed by atoms with E-state index >= 15 is 0 Å². The predicted molar refractivity (Wildman–Crippen MR) is 109 cm³/mol. The molecule has 144 valence electrons. The molecule has 27 heavy (non-hydrogen) atoms. The van der Waals surface area contributed by atoms with E-state index in [4.69, 9.17) is 5.73 Å². The van der Waals surface area contributed by atoms with Crippen molar-refractivity contribution in [3.05, 3.63) is 72.1 Å². The lowest BCUT2D eigenvalue weighted by Crippen LogP contribution is -2.26. The van der Waals surface area contributed by atoms with Crippen molar-refractivity contribution in [1.82, 2.24) is 10.6 Å². The van der Waals surface area contributed by atoms with Crippen LogP contribution in [0.15, 0.2) is 61.0 Å². The lowest BCUT2D eigenvalue weighted by atomic mass is 10.1. The summed E-state index contributed by atoms with van der Waals surface area (Å²) >= 11 is 0. The summed E-state index contributed by atoms with van der Waals surface area (Å²) in [6.07, 6.45) is 8.53. The van der Waals surface area contributed by atoms with Crippen molar-refractivity contribution in [2.75, 3.05) is 6.54 Å². The molecule has 1 saturated carbocycles. The third kappa shape index (κ3) is 7.13. The number of rotatable bonds is 11. The second-order valence-corrected chi connectivity index (χ2v) is 6.85. The van der Waals surface area contributed by atoms with Gasteiger partial charge < -0.3 is 16.4 Å².